The number of ketones is 2. The van der Waals surface area contributed by atoms with Crippen LogP contribution in [0.15, 0.2) is 77.2 Å². The summed E-state index contributed by atoms with van der Waals surface area (Å²) in [6.07, 6.45) is 1.74. The predicted molar refractivity (Wildman–Crippen MR) is 294 cm³/mol. The van der Waals surface area contributed by atoms with Gasteiger partial charge in [-0.1, -0.05) is 87.3 Å². The number of Topliss-reactive ketones (excluding diaryl/α,β-unsaturated/α-hetero) is 2. The number of hydrogen-bond acceptors (Lipinski definition) is 13. The Morgan fingerprint density at radius 2 is 1.62 bits per heavy atom. The summed E-state index contributed by atoms with van der Waals surface area (Å²) in [5.74, 6) is 2.49. The molecule has 0 saturated carbocycles. The third kappa shape index (κ3) is 12.7. The highest BCUT2D eigenvalue weighted by Crippen LogP contribution is 2.56. The van der Waals surface area contributed by atoms with Crippen LogP contribution < -0.4 is 36.6 Å². The molecule has 4 aromatic rings. The number of likely N-dealkylation sites (N-methyl/N-ethyl adjacent to an activating group) is 1. The van der Waals surface area contributed by atoms with Crippen molar-refractivity contribution in [1.29, 1.82) is 0 Å². The first-order valence-electron chi connectivity index (χ1n) is 25.8. The second kappa shape index (κ2) is 22.3. The number of aromatic nitrogens is 3. The molecule has 0 radical (unpaired) electrons. The van der Waals surface area contributed by atoms with E-state index in [2.05, 4.69) is 62.0 Å². The predicted octanol–water partition coefficient (Wildman–Crippen LogP) is 8.84. The van der Waals surface area contributed by atoms with E-state index in [1.54, 1.807) is 0 Å². The molecule has 7 N–H and O–H groups in total. The smallest absolute Gasteiger partial charge is 0.243 e. The van der Waals surface area contributed by atoms with Crippen LogP contribution in [-0.4, -0.2) is 86.2 Å². The molecule has 1 aromatic heterocycles. The van der Waals surface area contributed by atoms with E-state index in [0.29, 0.717) is 49.7 Å². The largest absolute Gasteiger partial charge is 0.489 e. The molecule has 396 valence electrons. The minimum atomic E-state index is -0.872. The highest BCUT2D eigenvalue weighted by Gasteiger charge is 2.47. The monoisotopic (exact) mass is 1040 g/mol. The Bertz CT molecular complexity index is 2660. The number of halogens is 1. The zero-order valence-electron chi connectivity index (χ0n) is 45.3. The number of carbonyl (C=O) groups excluding carboxylic acids is 3. The molecule has 0 bridgehead atoms. The van der Waals surface area contributed by atoms with Gasteiger partial charge in [0.05, 0.1) is 35.1 Å². The molecule has 4 heterocycles. The van der Waals surface area contributed by atoms with Gasteiger partial charge in [0, 0.05) is 59.7 Å². The molecule has 0 aliphatic carbocycles. The van der Waals surface area contributed by atoms with Gasteiger partial charge < -0.3 is 41.0 Å². The summed E-state index contributed by atoms with van der Waals surface area (Å²) in [5.41, 5.74) is 10.2. The summed E-state index contributed by atoms with van der Waals surface area (Å²) < 4.78 is 8.50. The maximum Gasteiger partial charge on any atom is 0.243 e. The molecule has 16 heteroatoms. The summed E-state index contributed by atoms with van der Waals surface area (Å²) in [5, 5.41) is 33.8. The van der Waals surface area contributed by atoms with Gasteiger partial charge in [0.2, 0.25) is 5.91 Å². The molecule has 73 heavy (non-hydrogen) atoms. The number of aliphatic hydroxyl groups excluding tert-OH is 1. The van der Waals surface area contributed by atoms with Gasteiger partial charge in [-0.15, -0.1) is 22.0 Å². The van der Waals surface area contributed by atoms with Gasteiger partial charge in [0.15, 0.2) is 17.4 Å². The van der Waals surface area contributed by atoms with Crippen molar-refractivity contribution in [2.24, 2.45) is 23.0 Å². The van der Waals surface area contributed by atoms with Crippen LogP contribution in [0.5, 0.6) is 5.75 Å². The summed E-state index contributed by atoms with van der Waals surface area (Å²) in [6, 6.07) is 20.9. The lowest BCUT2D eigenvalue weighted by atomic mass is 9.70. The van der Waals surface area contributed by atoms with E-state index in [9.17, 15) is 19.5 Å². The number of hydrogen-bond donors (Lipinski definition) is 6. The number of rotatable bonds is 20. The minimum Gasteiger partial charge on any atom is -0.489 e. The number of ether oxygens (including phenoxy) is 1. The number of nitrogens with zero attached hydrogens (tertiary/aromatic N) is 4. The van der Waals surface area contributed by atoms with Crippen LogP contribution in [0.4, 0.5) is 5.69 Å². The van der Waals surface area contributed by atoms with E-state index in [1.807, 2.05) is 148 Å². The van der Waals surface area contributed by atoms with Crippen LogP contribution in [-0.2, 0) is 34.0 Å². The lowest BCUT2D eigenvalue weighted by Crippen LogP contribution is -2.55. The molecule has 0 fully saturated rings. The van der Waals surface area contributed by atoms with Gasteiger partial charge in [-0.3, -0.25) is 19.7 Å². The van der Waals surface area contributed by atoms with Crippen LogP contribution in [0.1, 0.15) is 147 Å². The molecule has 7 rings (SSSR count). The third-order valence-corrected chi connectivity index (χ3v) is 17.1. The first-order chi connectivity index (χ1) is 34.2. The van der Waals surface area contributed by atoms with Crippen LogP contribution >= 0.6 is 23.4 Å². The fourth-order valence-electron chi connectivity index (χ4n) is 11.4. The van der Waals surface area contributed by atoms with E-state index in [0.717, 1.165) is 39.6 Å². The molecule has 7 atom stereocenters. The first-order valence-corrected chi connectivity index (χ1v) is 27.1. The number of carbonyl (C=O) groups is 3. The number of nitrogens with two attached hydrogens (primary N) is 1. The number of nitrogens with one attached hydrogen (secondary N) is 4. The molecule has 3 aliphatic heterocycles. The van der Waals surface area contributed by atoms with Gasteiger partial charge in [0.1, 0.15) is 24.2 Å². The van der Waals surface area contributed by atoms with Crippen molar-refractivity contribution < 1.29 is 24.2 Å². The molecular formula is C57H80ClN9O5S. The lowest BCUT2D eigenvalue weighted by Gasteiger charge is -2.39. The van der Waals surface area contributed by atoms with Crippen LogP contribution in [0.25, 0.3) is 0 Å². The van der Waals surface area contributed by atoms with E-state index in [-0.39, 0.29) is 71.9 Å². The Labute approximate surface area is 442 Å². The summed E-state index contributed by atoms with van der Waals surface area (Å²) in [6.45, 7) is 25.2. The molecule has 3 aromatic carbocycles. The van der Waals surface area contributed by atoms with Gasteiger partial charge in [-0.2, -0.15) is 0 Å². The molecule has 3 aliphatic rings. The van der Waals surface area contributed by atoms with E-state index >= 15 is 0 Å². The number of amides is 1. The number of aliphatic hydroxyl groups is 1. The maximum absolute atomic E-state index is 14.4. The molecule has 6 unspecified atom stereocenters. The van der Waals surface area contributed by atoms with Gasteiger partial charge in [0.25, 0.3) is 0 Å². The fraction of sp³-hybridized carbons (Fsp3) is 0.561. The number of allylic oxidation sites excluding steroid dienone is 1. The Kier molecular flexibility index (Phi) is 17.2. The number of aryl methyl sites for hydroxylation is 1. The zero-order chi connectivity index (χ0) is 53.4. The Balaban J connectivity index is 0.912. The molecule has 14 nitrogen and oxygen atoms in total. The quantitative estimate of drug-likeness (QED) is 0.0493. The number of fused-ring (bicyclic) bond motifs is 4. The van der Waals surface area contributed by atoms with Crippen molar-refractivity contribution in [1.82, 2.24) is 36.0 Å². The average Bonchev–Trinajstić information content (AvgIpc) is 3.80. The van der Waals surface area contributed by atoms with Crippen LogP contribution in [0, 0.1) is 24.2 Å². The van der Waals surface area contributed by atoms with E-state index < -0.39 is 22.0 Å². The third-order valence-electron chi connectivity index (χ3n) is 15.4. The standard InChI is InChI=1S/C57H80ClN9O5S/c1-33(2)49-51(70)62-42(30-68)26-40-20-23-43(27-45(40)66(49)13)72-31-38-16-14-37(15-17-38)29-61-56(10,11)53(71)54(6,7)32-57(12,59)24-25-60-55(8,9)46(69)28-44-50-65-64-36(5)67(50)52-47(34(3)35(4)73-52)48(63-44)39-18-21-41(58)22-19-39/h14-23,27,33,42,44,47-49,52,60-61,63,68H,24-26,28-32,59H2,1-13H3,(H,62,70)/t42-,44?,47?,48?,49?,52?,57?/m0/s1. The summed E-state index contributed by atoms with van der Waals surface area (Å²) in [4.78, 5) is 45.1. The van der Waals surface area contributed by atoms with Crippen molar-refractivity contribution in [2.45, 2.75) is 168 Å². The van der Waals surface area contributed by atoms with Crippen molar-refractivity contribution >= 4 is 46.5 Å². The SMILES string of the molecule is CC1=C(C)C2C(c3ccc(Cl)cc3)NC(CC(=O)C(C)(C)NCCC(C)(N)CC(C)(C)C(=O)C(C)(C)NCc3ccc(COc4ccc5c(c4)N(C)C(C(C)C)C(=O)N[C@H](CO)C5)cc3)c3nnc(C)n3C2S1. The highest BCUT2D eigenvalue weighted by atomic mass is 35.5. The minimum absolute atomic E-state index is 0.0430. The fourth-order valence-corrected chi connectivity index (χ4v) is 13.0. The average molecular weight is 1040 g/mol. The van der Waals surface area contributed by atoms with Crippen LogP contribution in [0.3, 0.4) is 0 Å². The number of anilines is 1. The van der Waals surface area contributed by atoms with Gasteiger partial charge in [-0.05, 0) is 132 Å². The van der Waals surface area contributed by atoms with Crippen molar-refractivity contribution in [3.05, 3.63) is 116 Å². The van der Waals surface area contributed by atoms with Crippen molar-refractivity contribution in [3.63, 3.8) is 0 Å². The lowest BCUT2D eigenvalue weighted by molar-refractivity contribution is -0.134. The normalized spacial score (nSPS) is 22.4. The van der Waals surface area contributed by atoms with E-state index in [1.165, 1.54) is 10.5 Å². The number of thioether (sulfide) groups is 1. The molecule has 0 saturated heterocycles. The topological polar surface area (TPSA) is 189 Å². The highest BCUT2D eigenvalue weighted by molar-refractivity contribution is 8.03. The molecule has 0 spiro atoms. The second-order valence-corrected chi connectivity index (χ2v) is 25.0. The first kappa shape index (κ1) is 56.1. The Hall–Kier alpha value is -4.61. The zero-order valence-corrected chi connectivity index (χ0v) is 46.9. The van der Waals surface area contributed by atoms with E-state index in [4.69, 9.17) is 22.1 Å². The van der Waals surface area contributed by atoms with Crippen molar-refractivity contribution in [2.75, 3.05) is 25.1 Å². The van der Waals surface area contributed by atoms with Crippen molar-refractivity contribution in [3.8, 4) is 5.75 Å². The van der Waals surface area contributed by atoms with Crippen LogP contribution in [0.2, 0.25) is 5.02 Å². The summed E-state index contributed by atoms with van der Waals surface area (Å²) in [7, 11) is 1.93. The summed E-state index contributed by atoms with van der Waals surface area (Å²) >= 11 is 8.18. The Morgan fingerprint density at radius 3 is 2.27 bits per heavy atom. The molecule has 1 amide bonds. The van der Waals surface area contributed by atoms with Gasteiger partial charge in [-0.25, -0.2) is 0 Å². The second-order valence-electron chi connectivity index (χ2n) is 23.2. The Morgan fingerprint density at radius 1 is 0.945 bits per heavy atom. The maximum atomic E-state index is 14.4. The van der Waals surface area contributed by atoms with Gasteiger partial charge >= 0.3 is 0 Å². The molecular weight excluding hydrogens is 958 g/mol. The number of benzene rings is 3.